The predicted octanol–water partition coefficient (Wildman–Crippen LogP) is 3.03. The van der Waals surface area contributed by atoms with Gasteiger partial charge >= 0.3 is 0 Å². The minimum Gasteiger partial charge on any atom is -0.378 e. The maximum atomic E-state index is 5.62. The van der Waals surface area contributed by atoms with Gasteiger partial charge in [-0.3, -0.25) is 0 Å². The van der Waals surface area contributed by atoms with E-state index in [0.717, 1.165) is 6.42 Å². The van der Waals surface area contributed by atoms with E-state index in [2.05, 4.69) is 27.4 Å². The molecule has 0 unspecified atom stereocenters. The SMILES string of the molecule is C=C(C)[C@H]1CCC(C)(C)[C@@H](OC)[C@@H]1OC. The van der Waals surface area contributed by atoms with Gasteiger partial charge in [-0.05, 0) is 25.2 Å². The predicted molar refractivity (Wildman–Crippen MR) is 62.9 cm³/mol. The third kappa shape index (κ3) is 2.43. The Morgan fingerprint density at radius 2 is 1.87 bits per heavy atom. The summed E-state index contributed by atoms with van der Waals surface area (Å²) >= 11 is 0. The van der Waals surface area contributed by atoms with Crippen LogP contribution in [0.3, 0.4) is 0 Å². The van der Waals surface area contributed by atoms with Crippen molar-refractivity contribution in [1.29, 1.82) is 0 Å². The van der Waals surface area contributed by atoms with Crippen LogP contribution in [0, 0.1) is 11.3 Å². The average molecular weight is 212 g/mol. The lowest BCUT2D eigenvalue weighted by Crippen LogP contribution is -2.50. The largest absolute Gasteiger partial charge is 0.378 e. The molecule has 0 aliphatic heterocycles. The summed E-state index contributed by atoms with van der Waals surface area (Å²) in [6.07, 6.45) is 2.64. The van der Waals surface area contributed by atoms with Crippen LogP contribution in [0.2, 0.25) is 0 Å². The summed E-state index contributed by atoms with van der Waals surface area (Å²) in [4.78, 5) is 0. The highest BCUT2D eigenvalue weighted by Gasteiger charge is 2.44. The van der Waals surface area contributed by atoms with E-state index in [9.17, 15) is 0 Å². The van der Waals surface area contributed by atoms with Crippen LogP contribution in [0.15, 0.2) is 12.2 Å². The quantitative estimate of drug-likeness (QED) is 0.669. The van der Waals surface area contributed by atoms with E-state index in [1.54, 1.807) is 14.2 Å². The van der Waals surface area contributed by atoms with Crippen LogP contribution in [0.1, 0.15) is 33.6 Å². The van der Waals surface area contributed by atoms with Gasteiger partial charge in [-0.25, -0.2) is 0 Å². The number of hydrogen-bond donors (Lipinski definition) is 0. The summed E-state index contributed by atoms with van der Waals surface area (Å²) in [5.74, 6) is 0.438. The van der Waals surface area contributed by atoms with Crippen molar-refractivity contribution in [3.05, 3.63) is 12.2 Å². The lowest BCUT2D eigenvalue weighted by Gasteiger charge is -2.46. The molecule has 15 heavy (non-hydrogen) atoms. The molecule has 0 N–H and O–H groups in total. The lowest BCUT2D eigenvalue weighted by atomic mass is 9.67. The zero-order valence-electron chi connectivity index (χ0n) is 10.7. The number of ether oxygens (including phenoxy) is 2. The maximum absolute atomic E-state index is 5.62. The fraction of sp³-hybridized carbons (Fsp3) is 0.846. The molecule has 0 saturated heterocycles. The molecule has 1 rings (SSSR count). The molecule has 2 heteroatoms. The van der Waals surface area contributed by atoms with Gasteiger partial charge in [0.25, 0.3) is 0 Å². The Morgan fingerprint density at radius 3 is 2.27 bits per heavy atom. The van der Waals surface area contributed by atoms with Gasteiger partial charge in [0.1, 0.15) is 0 Å². The van der Waals surface area contributed by atoms with Crippen LogP contribution >= 0.6 is 0 Å². The van der Waals surface area contributed by atoms with E-state index in [0.29, 0.717) is 5.92 Å². The Morgan fingerprint density at radius 1 is 1.27 bits per heavy atom. The molecule has 1 saturated carbocycles. The summed E-state index contributed by atoms with van der Waals surface area (Å²) < 4.78 is 11.2. The molecular weight excluding hydrogens is 188 g/mol. The van der Waals surface area contributed by atoms with Gasteiger partial charge in [0.15, 0.2) is 0 Å². The molecule has 1 fully saturated rings. The molecular formula is C13H24O2. The Hall–Kier alpha value is -0.340. The molecule has 0 aromatic heterocycles. The maximum Gasteiger partial charge on any atom is 0.0902 e. The third-order valence-corrected chi connectivity index (χ3v) is 3.72. The van der Waals surface area contributed by atoms with Crippen molar-refractivity contribution >= 4 is 0 Å². The van der Waals surface area contributed by atoms with Crippen molar-refractivity contribution in [2.45, 2.75) is 45.8 Å². The average Bonchev–Trinajstić information content (AvgIpc) is 2.15. The molecule has 0 aromatic rings. The first-order chi connectivity index (χ1) is 6.94. The summed E-state index contributed by atoms with van der Waals surface area (Å²) in [5, 5.41) is 0. The second-order valence-electron chi connectivity index (χ2n) is 5.34. The normalized spacial score (nSPS) is 35.1. The molecule has 88 valence electrons. The summed E-state index contributed by atoms with van der Waals surface area (Å²) in [6.45, 7) is 10.6. The highest BCUT2D eigenvalue weighted by Crippen LogP contribution is 2.43. The Labute approximate surface area is 93.7 Å². The smallest absolute Gasteiger partial charge is 0.0902 e. The second-order valence-corrected chi connectivity index (χ2v) is 5.34. The Balaban J connectivity index is 2.89. The van der Waals surface area contributed by atoms with E-state index in [1.807, 2.05) is 0 Å². The van der Waals surface area contributed by atoms with Crippen LogP contribution in [0.4, 0.5) is 0 Å². The molecule has 2 nitrogen and oxygen atoms in total. The summed E-state index contributed by atoms with van der Waals surface area (Å²) in [5.41, 5.74) is 1.40. The molecule has 3 atom stereocenters. The van der Waals surface area contributed by atoms with Crippen molar-refractivity contribution in [3.63, 3.8) is 0 Å². The van der Waals surface area contributed by atoms with Crippen LogP contribution in [0.25, 0.3) is 0 Å². The molecule has 0 heterocycles. The van der Waals surface area contributed by atoms with Crippen LogP contribution in [-0.4, -0.2) is 26.4 Å². The highest BCUT2D eigenvalue weighted by molar-refractivity contribution is 5.07. The fourth-order valence-electron chi connectivity index (χ4n) is 2.76. The molecule has 1 aliphatic rings. The van der Waals surface area contributed by atoms with Crippen LogP contribution in [0.5, 0.6) is 0 Å². The minimum atomic E-state index is 0.149. The number of hydrogen-bond acceptors (Lipinski definition) is 2. The van der Waals surface area contributed by atoms with Crippen molar-refractivity contribution in [1.82, 2.24) is 0 Å². The Bertz CT molecular complexity index is 233. The van der Waals surface area contributed by atoms with E-state index in [4.69, 9.17) is 9.47 Å². The van der Waals surface area contributed by atoms with Crippen molar-refractivity contribution in [2.75, 3.05) is 14.2 Å². The number of methoxy groups -OCH3 is 2. The standard InChI is InChI=1S/C13H24O2/c1-9(2)10-7-8-13(3,4)12(15-6)11(10)14-5/h10-12H,1,7-8H2,2-6H3/t10-,11-,12+/m1/s1. The molecule has 0 bridgehead atoms. The van der Waals surface area contributed by atoms with Gasteiger partial charge in [-0.1, -0.05) is 26.0 Å². The molecule has 0 amide bonds. The molecule has 1 aliphatic carbocycles. The van der Waals surface area contributed by atoms with E-state index < -0.39 is 0 Å². The van der Waals surface area contributed by atoms with Gasteiger partial charge < -0.3 is 9.47 Å². The van der Waals surface area contributed by atoms with Gasteiger partial charge in [-0.15, -0.1) is 0 Å². The molecule has 0 aromatic carbocycles. The van der Waals surface area contributed by atoms with Gasteiger partial charge in [0, 0.05) is 20.1 Å². The summed E-state index contributed by atoms with van der Waals surface area (Å²) in [7, 11) is 3.55. The Kier molecular flexibility index (Phi) is 3.96. The van der Waals surface area contributed by atoms with Crippen molar-refractivity contribution < 1.29 is 9.47 Å². The molecule has 0 spiro atoms. The molecule has 0 radical (unpaired) electrons. The van der Waals surface area contributed by atoms with Crippen LogP contribution in [-0.2, 0) is 9.47 Å². The topological polar surface area (TPSA) is 18.5 Å². The highest BCUT2D eigenvalue weighted by atomic mass is 16.5. The van der Waals surface area contributed by atoms with E-state index >= 15 is 0 Å². The first kappa shape index (κ1) is 12.7. The van der Waals surface area contributed by atoms with E-state index in [1.165, 1.54) is 12.0 Å². The zero-order chi connectivity index (χ0) is 11.6. The minimum absolute atomic E-state index is 0.149. The lowest BCUT2D eigenvalue weighted by molar-refractivity contribution is -0.134. The van der Waals surface area contributed by atoms with Gasteiger partial charge in [-0.2, -0.15) is 0 Å². The zero-order valence-corrected chi connectivity index (χ0v) is 10.7. The first-order valence-corrected chi connectivity index (χ1v) is 5.65. The van der Waals surface area contributed by atoms with Gasteiger partial charge in [0.05, 0.1) is 12.2 Å². The monoisotopic (exact) mass is 212 g/mol. The second kappa shape index (κ2) is 4.67. The van der Waals surface area contributed by atoms with Gasteiger partial charge in [0.2, 0.25) is 0 Å². The van der Waals surface area contributed by atoms with Crippen LogP contribution < -0.4 is 0 Å². The fourth-order valence-corrected chi connectivity index (χ4v) is 2.76. The number of rotatable bonds is 3. The summed E-state index contributed by atoms with van der Waals surface area (Å²) in [6, 6.07) is 0. The van der Waals surface area contributed by atoms with Crippen molar-refractivity contribution in [2.24, 2.45) is 11.3 Å². The third-order valence-electron chi connectivity index (χ3n) is 3.72. The van der Waals surface area contributed by atoms with Crippen molar-refractivity contribution in [3.8, 4) is 0 Å². The first-order valence-electron chi connectivity index (χ1n) is 5.65. The van der Waals surface area contributed by atoms with E-state index in [-0.39, 0.29) is 17.6 Å².